The lowest BCUT2D eigenvalue weighted by Gasteiger charge is -2.34. The number of hydrogen-bond acceptors (Lipinski definition) is 5. The van der Waals surface area contributed by atoms with E-state index < -0.39 is 6.10 Å². The van der Waals surface area contributed by atoms with Gasteiger partial charge in [-0.05, 0) is 44.0 Å². The lowest BCUT2D eigenvalue weighted by atomic mass is 9.95. The van der Waals surface area contributed by atoms with Gasteiger partial charge >= 0.3 is 0 Å². The lowest BCUT2D eigenvalue weighted by Crippen LogP contribution is -2.41. The fourth-order valence-electron chi connectivity index (χ4n) is 4.86. The van der Waals surface area contributed by atoms with Crippen LogP contribution in [0.3, 0.4) is 0 Å². The van der Waals surface area contributed by atoms with Crippen LogP contribution in [0.2, 0.25) is 0 Å². The van der Waals surface area contributed by atoms with Crippen LogP contribution in [-0.2, 0) is 28.9 Å². The predicted molar refractivity (Wildman–Crippen MR) is 109 cm³/mol. The summed E-state index contributed by atoms with van der Waals surface area (Å²) in [6.07, 6.45) is 5.48. The molecule has 0 aliphatic carbocycles. The number of benzene rings is 1. The second kappa shape index (κ2) is 7.84. The summed E-state index contributed by atoms with van der Waals surface area (Å²) in [5.41, 5.74) is 4.42. The summed E-state index contributed by atoms with van der Waals surface area (Å²) in [6, 6.07) is 8.13. The van der Waals surface area contributed by atoms with Gasteiger partial charge in [-0.1, -0.05) is 24.3 Å². The summed E-state index contributed by atoms with van der Waals surface area (Å²) in [4.78, 5) is 27.1. The van der Waals surface area contributed by atoms with Gasteiger partial charge in [-0.25, -0.2) is 9.97 Å². The quantitative estimate of drug-likeness (QED) is 0.786. The van der Waals surface area contributed by atoms with Crippen LogP contribution in [0, 0.1) is 0 Å². The topological polar surface area (TPSA) is 58.6 Å². The van der Waals surface area contributed by atoms with Gasteiger partial charge < -0.3 is 14.5 Å². The minimum absolute atomic E-state index is 0.0563. The van der Waals surface area contributed by atoms with Crippen molar-refractivity contribution in [1.82, 2.24) is 19.8 Å². The Balaban J connectivity index is 1.32. The lowest BCUT2D eigenvalue weighted by molar-refractivity contribution is -0.146. The molecule has 2 aromatic rings. The summed E-state index contributed by atoms with van der Waals surface area (Å²) < 4.78 is 5.89. The maximum absolute atomic E-state index is 13.2. The fraction of sp³-hybridized carbons (Fsp3) is 0.522. The van der Waals surface area contributed by atoms with Gasteiger partial charge in [0.05, 0.1) is 12.3 Å². The van der Waals surface area contributed by atoms with Gasteiger partial charge in [0, 0.05) is 43.7 Å². The van der Waals surface area contributed by atoms with Crippen molar-refractivity contribution in [2.45, 2.75) is 44.2 Å². The van der Waals surface area contributed by atoms with E-state index in [9.17, 15) is 4.79 Å². The number of amides is 1. The number of ether oxygens (including phenoxy) is 1. The van der Waals surface area contributed by atoms with Crippen molar-refractivity contribution in [3.63, 3.8) is 0 Å². The second-order valence-corrected chi connectivity index (χ2v) is 8.51. The normalized spacial score (nSPS) is 24.7. The van der Waals surface area contributed by atoms with E-state index in [0.717, 1.165) is 55.0 Å². The van der Waals surface area contributed by atoms with E-state index in [4.69, 9.17) is 9.72 Å². The average Bonchev–Trinajstić information content (AvgIpc) is 2.77. The van der Waals surface area contributed by atoms with Gasteiger partial charge in [0.25, 0.3) is 5.91 Å². The highest BCUT2D eigenvalue weighted by molar-refractivity contribution is 5.83. The number of hydrogen-bond donors (Lipinski definition) is 0. The Hall–Kier alpha value is -2.31. The summed E-state index contributed by atoms with van der Waals surface area (Å²) in [6.45, 7) is 4.04. The SMILES string of the molecule is CN1CCC[C@@H](c2ncc3c(n2)CCN(C(=O)[C@H]2OCCc4ccccc42)C3)C1. The first kappa shape index (κ1) is 18.7. The summed E-state index contributed by atoms with van der Waals surface area (Å²) >= 11 is 0. The number of carbonyl (C=O) groups is 1. The molecule has 2 atom stereocenters. The molecule has 0 spiro atoms. The summed E-state index contributed by atoms with van der Waals surface area (Å²) in [5, 5.41) is 0. The number of likely N-dealkylation sites (N-methyl/N-ethyl adjacent to an activating group) is 1. The van der Waals surface area contributed by atoms with Gasteiger partial charge in [0.15, 0.2) is 6.10 Å². The number of aromatic nitrogens is 2. The predicted octanol–water partition coefficient (Wildman–Crippen LogP) is 2.48. The standard InChI is InChI=1S/C23H28N4O2/c1-26-10-4-6-17(14-26)22-24-13-18-15-27(11-8-20(18)25-22)23(28)21-19-7-3-2-5-16(19)9-12-29-21/h2-3,5,7,13,17,21H,4,6,8-12,14-15H2,1H3/t17-,21+/m1/s1. The van der Waals surface area contributed by atoms with E-state index in [1.54, 1.807) is 0 Å². The van der Waals surface area contributed by atoms with Crippen molar-refractivity contribution in [1.29, 1.82) is 0 Å². The molecule has 0 unspecified atom stereocenters. The molecule has 4 heterocycles. The van der Waals surface area contributed by atoms with Crippen LogP contribution in [0.25, 0.3) is 0 Å². The summed E-state index contributed by atoms with van der Waals surface area (Å²) in [5.74, 6) is 1.45. The maximum atomic E-state index is 13.2. The Morgan fingerprint density at radius 2 is 2.07 bits per heavy atom. The highest BCUT2D eigenvalue weighted by Crippen LogP contribution is 2.31. The molecule has 0 saturated carbocycles. The third kappa shape index (κ3) is 3.67. The Kier molecular flexibility index (Phi) is 5.06. The molecule has 3 aliphatic rings. The van der Waals surface area contributed by atoms with Crippen molar-refractivity contribution in [3.05, 3.63) is 58.7 Å². The summed E-state index contributed by atoms with van der Waals surface area (Å²) in [7, 11) is 2.17. The van der Waals surface area contributed by atoms with Crippen LogP contribution in [0.15, 0.2) is 30.5 Å². The first-order valence-corrected chi connectivity index (χ1v) is 10.7. The first-order valence-electron chi connectivity index (χ1n) is 10.7. The number of fused-ring (bicyclic) bond motifs is 2. The van der Waals surface area contributed by atoms with Crippen molar-refractivity contribution in [2.75, 3.05) is 33.3 Å². The fourth-order valence-corrected chi connectivity index (χ4v) is 4.86. The van der Waals surface area contributed by atoms with Gasteiger partial charge in [0.1, 0.15) is 5.82 Å². The van der Waals surface area contributed by atoms with Crippen LogP contribution < -0.4 is 0 Å². The Labute approximate surface area is 171 Å². The molecule has 1 saturated heterocycles. The molecule has 29 heavy (non-hydrogen) atoms. The van der Waals surface area contributed by atoms with Crippen molar-refractivity contribution < 1.29 is 9.53 Å². The van der Waals surface area contributed by atoms with E-state index >= 15 is 0 Å². The van der Waals surface area contributed by atoms with Crippen LogP contribution in [-0.4, -0.2) is 59.0 Å². The third-order valence-electron chi connectivity index (χ3n) is 6.47. The van der Waals surface area contributed by atoms with Crippen LogP contribution >= 0.6 is 0 Å². The highest BCUT2D eigenvalue weighted by Gasteiger charge is 2.33. The zero-order chi connectivity index (χ0) is 19.8. The molecule has 1 aromatic carbocycles. The van der Waals surface area contributed by atoms with Crippen molar-refractivity contribution in [2.24, 2.45) is 0 Å². The molecule has 3 aliphatic heterocycles. The molecule has 6 nitrogen and oxygen atoms in total. The molecule has 6 heteroatoms. The molecule has 1 aromatic heterocycles. The molecule has 0 N–H and O–H groups in total. The molecular formula is C23H28N4O2. The molecule has 0 bridgehead atoms. The van der Waals surface area contributed by atoms with E-state index in [1.165, 1.54) is 12.0 Å². The smallest absolute Gasteiger partial charge is 0.256 e. The molecule has 0 radical (unpaired) electrons. The van der Waals surface area contributed by atoms with Gasteiger partial charge in [-0.2, -0.15) is 0 Å². The Bertz CT molecular complexity index is 916. The van der Waals surface area contributed by atoms with Gasteiger partial charge in [-0.15, -0.1) is 0 Å². The molecule has 152 valence electrons. The largest absolute Gasteiger partial charge is 0.363 e. The van der Waals surface area contributed by atoms with E-state index in [-0.39, 0.29) is 5.91 Å². The highest BCUT2D eigenvalue weighted by atomic mass is 16.5. The third-order valence-corrected chi connectivity index (χ3v) is 6.47. The van der Waals surface area contributed by atoms with E-state index in [1.807, 2.05) is 29.3 Å². The average molecular weight is 393 g/mol. The molecule has 1 fully saturated rings. The van der Waals surface area contributed by atoms with Crippen LogP contribution in [0.1, 0.15) is 53.1 Å². The molecular weight excluding hydrogens is 364 g/mol. The van der Waals surface area contributed by atoms with E-state index in [0.29, 0.717) is 25.6 Å². The first-order chi connectivity index (χ1) is 14.2. The van der Waals surface area contributed by atoms with Crippen molar-refractivity contribution >= 4 is 5.91 Å². The zero-order valence-corrected chi connectivity index (χ0v) is 17.0. The van der Waals surface area contributed by atoms with Crippen LogP contribution in [0.4, 0.5) is 0 Å². The number of likely N-dealkylation sites (tertiary alicyclic amines) is 1. The number of rotatable bonds is 2. The zero-order valence-electron chi connectivity index (χ0n) is 17.0. The molecule has 1 amide bonds. The van der Waals surface area contributed by atoms with Crippen molar-refractivity contribution in [3.8, 4) is 0 Å². The minimum Gasteiger partial charge on any atom is -0.363 e. The van der Waals surface area contributed by atoms with Gasteiger partial charge in [-0.3, -0.25) is 4.79 Å². The minimum atomic E-state index is -0.487. The molecule has 5 rings (SSSR count). The van der Waals surface area contributed by atoms with Gasteiger partial charge in [0.2, 0.25) is 0 Å². The second-order valence-electron chi connectivity index (χ2n) is 8.51. The number of piperidine rings is 1. The van der Waals surface area contributed by atoms with Crippen LogP contribution in [0.5, 0.6) is 0 Å². The number of carbonyl (C=O) groups excluding carboxylic acids is 1. The van der Waals surface area contributed by atoms with E-state index in [2.05, 4.69) is 23.0 Å². The Morgan fingerprint density at radius 3 is 2.97 bits per heavy atom. The maximum Gasteiger partial charge on any atom is 0.256 e. The number of nitrogens with zero attached hydrogens (tertiary/aromatic N) is 4. The Morgan fingerprint density at radius 1 is 1.17 bits per heavy atom. The monoisotopic (exact) mass is 392 g/mol.